The second-order valence-electron chi connectivity index (χ2n) is 8.81. The Morgan fingerprint density at radius 3 is 2.09 bits per heavy atom. The summed E-state index contributed by atoms with van der Waals surface area (Å²) in [4.78, 5) is 31.8. The predicted octanol–water partition coefficient (Wildman–Crippen LogP) is 3.95. The first kappa shape index (κ1) is 21.6. The van der Waals surface area contributed by atoms with E-state index in [0.717, 1.165) is 43.0 Å². The number of carboxylic acid groups (broad SMARTS) is 1. The number of carbonyl (C=O) groups is 2. The quantitative estimate of drug-likeness (QED) is 0.750. The molecule has 0 atom stereocenters. The lowest BCUT2D eigenvalue weighted by Crippen LogP contribution is -2.50. The zero-order valence-electron chi connectivity index (χ0n) is 18.7. The molecule has 5 rings (SSSR count). The Bertz CT molecular complexity index is 998. The molecule has 0 bridgehead atoms. The Morgan fingerprint density at radius 1 is 0.788 bits per heavy atom. The van der Waals surface area contributed by atoms with Crippen LogP contribution in [0.2, 0.25) is 0 Å². The molecule has 3 aliphatic rings. The van der Waals surface area contributed by atoms with Crippen LogP contribution in [0.3, 0.4) is 0 Å². The topological polar surface area (TPSA) is 76.6 Å². The molecule has 3 amide bonds. The van der Waals surface area contributed by atoms with Crippen LogP contribution in [0.25, 0.3) is 0 Å². The number of carbonyl (C=O) groups excluding carboxylic acids is 1. The summed E-state index contributed by atoms with van der Waals surface area (Å²) in [6.07, 6.45) is 1.02. The molecule has 0 saturated carbocycles. The molecular formula is C25H30N4O4. The van der Waals surface area contributed by atoms with E-state index in [0.29, 0.717) is 45.3 Å². The number of urea groups is 1. The molecule has 0 spiro atoms. The van der Waals surface area contributed by atoms with Gasteiger partial charge in [0.2, 0.25) is 0 Å². The zero-order chi connectivity index (χ0) is 22.8. The number of rotatable bonds is 2. The second kappa shape index (κ2) is 9.31. The van der Waals surface area contributed by atoms with Crippen molar-refractivity contribution in [2.45, 2.75) is 18.8 Å². The number of nitrogens with zero attached hydrogens (tertiary/aromatic N) is 4. The average Bonchev–Trinajstić information content (AvgIpc) is 2.88. The van der Waals surface area contributed by atoms with Gasteiger partial charge >= 0.3 is 12.1 Å². The van der Waals surface area contributed by atoms with Crippen molar-refractivity contribution in [3.8, 4) is 0 Å². The first-order valence-corrected chi connectivity index (χ1v) is 11.7. The Morgan fingerprint density at radius 2 is 1.42 bits per heavy atom. The highest BCUT2D eigenvalue weighted by Crippen LogP contribution is 2.38. The fourth-order valence-electron chi connectivity index (χ4n) is 5.11. The van der Waals surface area contributed by atoms with E-state index in [1.165, 1.54) is 10.5 Å². The van der Waals surface area contributed by atoms with Gasteiger partial charge in [0.25, 0.3) is 0 Å². The van der Waals surface area contributed by atoms with Gasteiger partial charge in [0.05, 0.1) is 24.6 Å². The van der Waals surface area contributed by atoms with Crippen molar-refractivity contribution < 1.29 is 19.4 Å². The molecule has 3 heterocycles. The van der Waals surface area contributed by atoms with E-state index >= 15 is 0 Å². The van der Waals surface area contributed by atoms with Gasteiger partial charge in [0.1, 0.15) is 0 Å². The van der Waals surface area contributed by atoms with Crippen LogP contribution < -0.4 is 9.80 Å². The average molecular weight is 451 g/mol. The van der Waals surface area contributed by atoms with Gasteiger partial charge in [-0.3, -0.25) is 4.90 Å². The molecule has 8 nitrogen and oxygen atoms in total. The maximum absolute atomic E-state index is 12.7. The third-order valence-corrected chi connectivity index (χ3v) is 6.96. The number of hydrogen-bond acceptors (Lipinski definition) is 4. The minimum Gasteiger partial charge on any atom is -0.465 e. The lowest BCUT2D eigenvalue weighted by atomic mass is 9.89. The number of ether oxygens (including phenoxy) is 1. The fourth-order valence-corrected chi connectivity index (χ4v) is 5.11. The first-order chi connectivity index (χ1) is 16.1. The summed E-state index contributed by atoms with van der Waals surface area (Å²) in [5.41, 5.74) is 4.00. The van der Waals surface area contributed by atoms with Gasteiger partial charge in [-0.1, -0.05) is 24.3 Å². The van der Waals surface area contributed by atoms with Gasteiger partial charge in [0.15, 0.2) is 0 Å². The molecule has 8 heteroatoms. The molecule has 1 N–H and O–H groups in total. The van der Waals surface area contributed by atoms with Gasteiger partial charge in [-0.05, 0) is 48.6 Å². The van der Waals surface area contributed by atoms with Crippen LogP contribution in [0.4, 0.5) is 26.7 Å². The summed E-state index contributed by atoms with van der Waals surface area (Å²) in [6.45, 7) is 5.25. The van der Waals surface area contributed by atoms with E-state index in [2.05, 4.69) is 29.2 Å². The molecule has 2 fully saturated rings. The molecule has 0 unspecified atom stereocenters. The molecule has 3 aliphatic heterocycles. The molecule has 174 valence electrons. The van der Waals surface area contributed by atoms with Crippen LogP contribution >= 0.6 is 0 Å². The van der Waals surface area contributed by atoms with Gasteiger partial charge in [0, 0.05) is 45.0 Å². The van der Waals surface area contributed by atoms with E-state index in [1.807, 2.05) is 34.1 Å². The maximum atomic E-state index is 12.7. The van der Waals surface area contributed by atoms with Gasteiger partial charge in [-0.25, -0.2) is 9.59 Å². The minimum absolute atomic E-state index is 0.145. The SMILES string of the molecule is O=C(N1CCOCC1)N1CCC(c2ccc(N3CCN(C(=O)O)c4ccccc43)cc2)CC1. The number of benzene rings is 2. The van der Waals surface area contributed by atoms with Crippen LogP contribution in [0.15, 0.2) is 48.5 Å². The van der Waals surface area contributed by atoms with E-state index in [-0.39, 0.29) is 6.03 Å². The summed E-state index contributed by atoms with van der Waals surface area (Å²) in [5.74, 6) is 0.448. The Balaban J connectivity index is 1.24. The van der Waals surface area contributed by atoms with Crippen molar-refractivity contribution in [3.05, 3.63) is 54.1 Å². The number of hydrogen-bond donors (Lipinski definition) is 1. The van der Waals surface area contributed by atoms with Crippen LogP contribution in [-0.2, 0) is 4.74 Å². The molecule has 2 aromatic rings. The molecule has 2 aromatic carbocycles. The largest absolute Gasteiger partial charge is 0.465 e. The van der Waals surface area contributed by atoms with Crippen LogP contribution in [0.5, 0.6) is 0 Å². The fraction of sp³-hybridized carbons (Fsp3) is 0.440. The van der Waals surface area contributed by atoms with Gasteiger partial charge < -0.3 is 24.5 Å². The zero-order valence-corrected chi connectivity index (χ0v) is 18.7. The first-order valence-electron chi connectivity index (χ1n) is 11.7. The third-order valence-electron chi connectivity index (χ3n) is 6.96. The second-order valence-corrected chi connectivity index (χ2v) is 8.81. The van der Waals surface area contributed by atoms with Gasteiger partial charge in [-0.15, -0.1) is 0 Å². The van der Waals surface area contributed by atoms with Crippen molar-refractivity contribution in [1.82, 2.24) is 9.80 Å². The summed E-state index contributed by atoms with van der Waals surface area (Å²) in [6, 6.07) is 16.4. The molecule has 0 aromatic heterocycles. The smallest absolute Gasteiger partial charge is 0.411 e. The molecule has 2 saturated heterocycles. The Labute approximate surface area is 193 Å². The number of morpholine rings is 1. The standard InChI is InChI=1S/C25H30N4O4/c30-24(27-15-17-33-18-16-27)26-11-9-20(10-12-26)19-5-7-21(8-6-19)28-13-14-29(25(31)32)23-4-2-1-3-22(23)28/h1-8,20H,9-18H2,(H,31,32). The maximum Gasteiger partial charge on any atom is 0.411 e. The molecule has 0 radical (unpaired) electrons. The van der Waals surface area contributed by atoms with Crippen LogP contribution in [0, 0.1) is 0 Å². The summed E-state index contributed by atoms with van der Waals surface area (Å²) >= 11 is 0. The number of anilines is 3. The van der Waals surface area contributed by atoms with E-state index in [4.69, 9.17) is 4.74 Å². The van der Waals surface area contributed by atoms with Crippen molar-refractivity contribution in [2.24, 2.45) is 0 Å². The highest BCUT2D eigenvalue weighted by atomic mass is 16.5. The van der Waals surface area contributed by atoms with Gasteiger partial charge in [-0.2, -0.15) is 0 Å². The van der Waals surface area contributed by atoms with E-state index in [9.17, 15) is 14.7 Å². The number of para-hydroxylation sites is 2. The molecular weight excluding hydrogens is 420 g/mol. The lowest BCUT2D eigenvalue weighted by molar-refractivity contribution is 0.0411. The minimum atomic E-state index is -0.920. The third kappa shape index (κ3) is 4.35. The number of piperidine rings is 1. The summed E-state index contributed by atoms with van der Waals surface area (Å²) < 4.78 is 5.36. The van der Waals surface area contributed by atoms with Crippen molar-refractivity contribution in [2.75, 3.05) is 62.3 Å². The highest BCUT2D eigenvalue weighted by molar-refractivity contribution is 5.94. The Hall–Kier alpha value is -3.26. The van der Waals surface area contributed by atoms with Crippen molar-refractivity contribution in [1.29, 1.82) is 0 Å². The monoisotopic (exact) mass is 450 g/mol. The highest BCUT2D eigenvalue weighted by Gasteiger charge is 2.29. The molecule has 33 heavy (non-hydrogen) atoms. The summed E-state index contributed by atoms with van der Waals surface area (Å²) in [7, 11) is 0. The Kier molecular flexibility index (Phi) is 6.09. The van der Waals surface area contributed by atoms with E-state index < -0.39 is 6.09 Å². The normalized spacial score (nSPS) is 19.4. The van der Waals surface area contributed by atoms with E-state index in [1.54, 1.807) is 0 Å². The number of likely N-dealkylation sites (tertiary alicyclic amines) is 1. The lowest BCUT2D eigenvalue weighted by Gasteiger charge is -2.37. The summed E-state index contributed by atoms with van der Waals surface area (Å²) in [5, 5.41) is 9.52. The van der Waals surface area contributed by atoms with Crippen LogP contribution in [0.1, 0.15) is 24.3 Å². The molecule has 0 aliphatic carbocycles. The number of amides is 3. The van der Waals surface area contributed by atoms with Crippen LogP contribution in [-0.4, -0.2) is 79.5 Å². The van der Waals surface area contributed by atoms with Crippen molar-refractivity contribution >= 4 is 29.2 Å². The number of fused-ring (bicyclic) bond motifs is 1. The predicted molar refractivity (Wildman–Crippen MR) is 127 cm³/mol. The van der Waals surface area contributed by atoms with Crippen molar-refractivity contribution in [3.63, 3.8) is 0 Å².